The van der Waals surface area contributed by atoms with Crippen LogP contribution in [-0.4, -0.2) is 24.4 Å². The van der Waals surface area contributed by atoms with Crippen molar-refractivity contribution in [3.8, 4) is 0 Å². The molecule has 1 saturated carbocycles. The lowest BCUT2D eigenvalue weighted by atomic mass is 9.90. The van der Waals surface area contributed by atoms with Crippen molar-refractivity contribution in [3.05, 3.63) is 60.7 Å². The highest BCUT2D eigenvalue weighted by Gasteiger charge is 2.36. The van der Waals surface area contributed by atoms with Gasteiger partial charge in [-0.15, -0.1) is 0 Å². The van der Waals surface area contributed by atoms with E-state index in [1.165, 1.54) is 10.6 Å². The van der Waals surface area contributed by atoms with Crippen LogP contribution in [-0.2, 0) is 10.1 Å². The van der Waals surface area contributed by atoms with E-state index in [1.807, 2.05) is 36.4 Å². The molecule has 0 saturated heterocycles. The minimum atomic E-state index is -3.97. The Morgan fingerprint density at radius 2 is 1.38 bits per heavy atom. The van der Waals surface area contributed by atoms with Gasteiger partial charge in [0, 0.05) is 0 Å². The van der Waals surface area contributed by atoms with Gasteiger partial charge < -0.3 is 0 Å². The first-order valence-corrected chi connectivity index (χ1v) is 11.4. The van der Waals surface area contributed by atoms with Gasteiger partial charge in [0.15, 0.2) is 0 Å². The molecular weight excluding hydrogens is 339 g/mol. The molecule has 0 bridgehead atoms. The van der Waals surface area contributed by atoms with Crippen molar-refractivity contribution in [1.82, 2.24) is 0 Å². The summed E-state index contributed by atoms with van der Waals surface area (Å²) in [4.78, 5) is 0. The molecule has 1 fully saturated rings. The summed E-state index contributed by atoms with van der Waals surface area (Å²) >= 11 is 0. The van der Waals surface area contributed by atoms with Gasteiger partial charge in [-0.1, -0.05) is 73.5 Å². The zero-order valence-corrected chi connectivity index (χ0v) is 15.3. The number of rotatable bonds is 5. The summed E-state index contributed by atoms with van der Waals surface area (Å²) in [5.41, 5.74) is 0. The quantitative estimate of drug-likeness (QED) is 0.654. The lowest BCUT2D eigenvalue weighted by molar-refractivity contribution is 0.359. The Labute approximate surface area is 145 Å². The van der Waals surface area contributed by atoms with Gasteiger partial charge in [-0.3, -0.25) is 4.55 Å². The van der Waals surface area contributed by atoms with E-state index in [9.17, 15) is 13.0 Å². The average molecular weight is 362 g/mol. The lowest BCUT2D eigenvalue weighted by Gasteiger charge is -2.32. The van der Waals surface area contributed by atoms with E-state index in [2.05, 4.69) is 24.3 Å². The van der Waals surface area contributed by atoms with Crippen molar-refractivity contribution in [2.75, 3.05) is 6.16 Å². The van der Waals surface area contributed by atoms with Crippen molar-refractivity contribution in [2.24, 2.45) is 5.92 Å². The van der Waals surface area contributed by atoms with Crippen LogP contribution in [0.2, 0.25) is 0 Å². The highest BCUT2D eigenvalue weighted by atomic mass is 32.2. The third-order valence-corrected chi connectivity index (χ3v) is 8.84. The highest BCUT2D eigenvalue weighted by Crippen LogP contribution is 2.41. The van der Waals surface area contributed by atoms with E-state index in [0.717, 1.165) is 25.4 Å². The van der Waals surface area contributed by atoms with Crippen molar-refractivity contribution in [1.29, 1.82) is 0 Å². The molecule has 1 aliphatic rings. The molecule has 0 heterocycles. The van der Waals surface area contributed by atoms with Gasteiger partial charge in [0.25, 0.3) is 10.1 Å². The first-order valence-electron chi connectivity index (χ1n) is 8.39. The lowest BCUT2D eigenvalue weighted by Crippen LogP contribution is -2.35. The Bertz CT molecular complexity index is 707. The van der Waals surface area contributed by atoms with E-state index < -0.39 is 23.3 Å². The van der Waals surface area contributed by atoms with Gasteiger partial charge in [-0.25, -0.2) is 0 Å². The van der Waals surface area contributed by atoms with Crippen LogP contribution in [0.5, 0.6) is 0 Å². The van der Waals surface area contributed by atoms with E-state index in [-0.39, 0.29) is 5.92 Å². The van der Waals surface area contributed by atoms with Crippen LogP contribution in [0.15, 0.2) is 60.7 Å². The molecule has 0 amide bonds. The van der Waals surface area contributed by atoms with Crippen molar-refractivity contribution < 1.29 is 13.0 Å². The smallest absolute Gasteiger partial charge is 0.268 e. The molecule has 1 aliphatic carbocycles. The fourth-order valence-electron chi connectivity index (χ4n) is 3.58. The van der Waals surface area contributed by atoms with Crippen molar-refractivity contribution >= 4 is 28.6 Å². The van der Waals surface area contributed by atoms with Gasteiger partial charge in [-0.05, 0) is 43.5 Å². The fraction of sp³-hybridized carbons (Fsp3) is 0.368. The molecule has 0 radical (unpaired) electrons. The SMILES string of the molecule is O=S(=O)(O)C1CCCCC1CP(c1ccccc1)c1ccccc1. The molecule has 0 aromatic heterocycles. The van der Waals surface area contributed by atoms with Crippen molar-refractivity contribution in [2.45, 2.75) is 30.9 Å². The van der Waals surface area contributed by atoms with Crippen molar-refractivity contribution in [3.63, 3.8) is 0 Å². The molecule has 2 unspecified atom stereocenters. The predicted molar refractivity (Wildman–Crippen MR) is 101 cm³/mol. The van der Waals surface area contributed by atoms with Crippen LogP contribution in [0.4, 0.5) is 0 Å². The summed E-state index contributed by atoms with van der Waals surface area (Å²) in [6.45, 7) is 0. The summed E-state index contributed by atoms with van der Waals surface area (Å²) in [6.07, 6.45) is 4.20. The zero-order chi connectivity index (χ0) is 17.0. The molecule has 2 atom stereocenters. The summed E-state index contributed by atoms with van der Waals surface area (Å²) < 4.78 is 33.3. The molecule has 3 nitrogen and oxygen atoms in total. The molecule has 3 rings (SSSR count). The second-order valence-corrected chi connectivity index (χ2v) is 10.3. The Balaban J connectivity index is 1.92. The van der Waals surface area contributed by atoms with Crippen LogP contribution < -0.4 is 10.6 Å². The maximum atomic E-state index is 11.8. The average Bonchev–Trinajstić information content (AvgIpc) is 2.61. The summed E-state index contributed by atoms with van der Waals surface area (Å²) in [5, 5.41) is 1.92. The monoisotopic (exact) mass is 362 g/mol. The minimum Gasteiger partial charge on any atom is -0.285 e. The first kappa shape index (κ1) is 17.6. The van der Waals surface area contributed by atoms with E-state index in [1.54, 1.807) is 0 Å². The standard InChI is InChI=1S/C19H23O3PS/c20-24(21,22)19-14-8-7-9-16(19)15-23(17-10-3-1-4-11-17)18-12-5-2-6-13-18/h1-6,10-13,16,19H,7-9,14-15H2,(H,20,21,22). The fourth-order valence-corrected chi connectivity index (χ4v) is 7.60. The van der Waals surface area contributed by atoms with Gasteiger partial charge in [0.05, 0.1) is 5.25 Å². The van der Waals surface area contributed by atoms with E-state index in [0.29, 0.717) is 6.42 Å². The largest absolute Gasteiger partial charge is 0.285 e. The number of benzene rings is 2. The Morgan fingerprint density at radius 3 is 1.88 bits per heavy atom. The van der Waals surface area contributed by atoms with Gasteiger partial charge >= 0.3 is 0 Å². The molecule has 128 valence electrons. The summed E-state index contributed by atoms with van der Waals surface area (Å²) in [5.74, 6) is 0.0280. The van der Waals surface area contributed by atoms with Crippen LogP contribution in [0.25, 0.3) is 0 Å². The first-order chi connectivity index (χ1) is 11.6. The molecule has 0 spiro atoms. The minimum absolute atomic E-state index is 0.0280. The Hall–Kier alpha value is -1.22. The molecular formula is C19H23O3PS. The summed E-state index contributed by atoms with van der Waals surface area (Å²) in [7, 11) is -4.60. The van der Waals surface area contributed by atoms with E-state index >= 15 is 0 Å². The Kier molecular flexibility index (Phi) is 5.70. The van der Waals surface area contributed by atoms with Crippen LogP contribution in [0, 0.1) is 5.92 Å². The van der Waals surface area contributed by atoms with Gasteiger partial charge in [-0.2, -0.15) is 8.42 Å². The van der Waals surface area contributed by atoms with Crippen LogP contribution >= 0.6 is 7.92 Å². The predicted octanol–water partition coefficient (Wildman–Crippen LogP) is 3.57. The maximum absolute atomic E-state index is 11.8. The zero-order valence-electron chi connectivity index (χ0n) is 13.6. The maximum Gasteiger partial charge on any atom is 0.268 e. The molecule has 2 aromatic rings. The summed E-state index contributed by atoms with van der Waals surface area (Å²) in [6, 6.07) is 20.7. The van der Waals surface area contributed by atoms with Crippen LogP contribution in [0.3, 0.4) is 0 Å². The molecule has 24 heavy (non-hydrogen) atoms. The van der Waals surface area contributed by atoms with Gasteiger partial charge in [0.2, 0.25) is 0 Å². The normalized spacial score (nSPS) is 21.8. The number of hydrogen-bond acceptors (Lipinski definition) is 2. The van der Waals surface area contributed by atoms with E-state index in [4.69, 9.17) is 0 Å². The molecule has 2 aromatic carbocycles. The van der Waals surface area contributed by atoms with Crippen LogP contribution in [0.1, 0.15) is 25.7 Å². The number of hydrogen-bond donors (Lipinski definition) is 1. The third-order valence-electron chi connectivity index (χ3n) is 4.77. The Morgan fingerprint density at radius 1 is 0.875 bits per heavy atom. The molecule has 1 N–H and O–H groups in total. The molecule has 5 heteroatoms. The topological polar surface area (TPSA) is 54.4 Å². The highest BCUT2D eigenvalue weighted by molar-refractivity contribution is 7.86. The second-order valence-electron chi connectivity index (χ2n) is 6.38. The third kappa shape index (κ3) is 4.24. The molecule has 0 aliphatic heterocycles. The van der Waals surface area contributed by atoms with Gasteiger partial charge in [0.1, 0.15) is 0 Å². The second kappa shape index (κ2) is 7.77.